The van der Waals surface area contributed by atoms with Crippen molar-refractivity contribution >= 4 is 0 Å². The van der Waals surface area contributed by atoms with E-state index in [2.05, 4.69) is 35.4 Å². The van der Waals surface area contributed by atoms with Gasteiger partial charge in [0.2, 0.25) is 0 Å². The first-order valence-corrected chi connectivity index (χ1v) is 6.57. The van der Waals surface area contributed by atoms with Crippen LogP contribution in [0.5, 0.6) is 0 Å². The second-order valence-corrected chi connectivity index (χ2v) is 4.58. The van der Waals surface area contributed by atoms with Gasteiger partial charge in [0.1, 0.15) is 0 Å². The van der Waals surface area contributed by atoms with Crippen molar-refractivity contribution in [2.75, 3.05) is 40.4 Å². The molecule has 0 aromatic carbocycles. The van der Waals surface area contributed by atoms with Crippen LogP contribution in [0.25, 0.3) is 0 Å². The third-order valence-electron chi connectivity index (χ3n) is 2.97. The summed E-state index contributed by atoms with van der Waals surface area (Å²) in [6, 6.07) is 2.19. The van der Waals surface area contributed by atoms with Crippen LogP contribution in [-0.2, 0) is 24.8 Å². The monoisotopic (exact) mass is 254 g/mol. The molecule has 0 saturated heterocycles. The second-order valence-electron chi connectivity index (χ2n) is 4.58. The number of ether oxygens (including phenoxy) is 1. The summed E-state index contributed by atoms with van der Waals surface area (Å²) in [5.41, 5.74) is 2.44. The molecule has 0 amide bonds. The van der Waals surface area contributed by atoms with Gasteiger partial charge in [0.25, 0.3) is 0 Å². The van der Waals surface area contributed by atoms with Gasteiger partial charge in [0.05, 0.1) is 18.0 Å². The van der Waals surface area contributed by atoms with Gasteiger partial charge < -0.3 is 10.1 Å². The highest BCUT2D eigenvalue weighted by Gasteiger charge is 2.06. The topological polar surface area (TPSA) is 42.3 Å². The lowest BCUT2D eigenvalue weighted by Crippen LogP contribution is -2.31. The Kier molecular flexibility index (Phi) is 6.93. The standard InChI is InChI=1S/C13H26N4O/c1-5-12-10-13(17(3)15-12)11-16(2)8-6-14-7-9-18-4/h10,14H,5-9,11H2,1-4H3. The van der Waals surface area contributed by atoms with Crippen molar-refractivity contribution in [2.45, 2.75) is 19.9 Å². The quantitative estimate of drug-likeness (QED) is 0.657. The van der Waals surface area contributed by atoms with E-state index in [-0.39, 0.29) is 0 Å². The van der Waals surface area contributed by atoms with E-state index in [1.165, 1.54) is 11.4 Å². The van der Waals surface area contributed by atoms with Crippen molar-refractivity contribution in [3.8, 4) is 0 Å². The van der Waals surface area contributed by atoms with Crippen molar-refractivity contribution in [1.82, 2.24) is 20.0 Å². The van der Waals surface area contributed by atoms with Gasteiger partial charge in [0, 0.05) is 40.3 Å². The predicted molar refractivity (Wildman–Crippen MR) is 73.7 cm³/mol. The molecule has 0 unspecified atom stereocenters. The van der Waals surface area contributed by atoms with E-state index in [0.29, 0.717) is 0 Å². The summed E-state index contributed by atoms with van der Waals surface area (Å²) < 4.78 is 6.97. The van der Waals surface area contributed by atoms with E-state index in [0.717, 1.165) is 39.2 Å². The summed E-state index contributed by atoms with van der Waals surface area (Å²) in [7, 11) is 5.87. The number of hydrogen-bond donors (Lipinski definition) is 1. The molecule has 0 aliphatic carbocycles. The minimum Gasteiger partial charge on any atom is -0.383 e. The van der Waals surface area contributed by atoms with Gasteiger partial charge in [-0.15, -0.1) is 0 Å². The zero-order chi connectivity index (χ0) is 13.4. The van der Waals surface area contributed by atoms with E-state index < -0.39 is 0 Å². The molecule has 0 bridgehead atoms. The molecule has 1 aromatic heterocycles. The number of hydrogen-bond acceptors (Lipinski definition) is 4. The van der Waals surface area contributed by atoms with Gasteiger partial charge in [0.15, 0.2) is 0 Å². The molecular weight excluding hydrogens is 228 g/mol. The number of rotatable bonds is 9. The molecule has 1 N–H and O–H groups in total. The molecule has 0 aliphatic heterocycles. The maximum Gasteiger partial charge on any atom is 0.0625 e. The molecule has 1 aromatic rings. The predicted octanol–water partition coefficient (Wildman–Crippen LogP) is 0.650. The number of nitrogens with one attached hydrogen (secondary N) is 1. The lowest BCUT2D eigenvalue weighted by molar-refractivity contribution is 0.197. The van der Waals surface area contributed by atoms with Gasteiger partial charge in [-0.3, -0.25) is 9.58 Å². The van der Waals surface area contributed by atoms with Crippen molar-refractivity contribution < 1.29 is 4.74 Å². The van der Waals surface area contributed by atoms with Crippen molar-refractivity contribution in [1.29, 1.82) is 0 Å². The summed E-state index contributed by atoms with van der Waals surface area (Å²) in [4.78, 5) is 2.30. The Morgan fingerprint density at radius 2 is 2.22 bits per heavy atom. The average molecular weight is 254 g/mol. The SMILES string of the molecule is CCc1cc(CN(C)CCNCCOC)n(C)n1. The van der Waals surface area contributed by atoms with Gasteiger partial charge in [-0.25, -0.2) is 0 Å². The molecule has 1 rings (SSSR count). The number of methoxy groups -OCH3 is 1. The molecule has 5 heteroatoms. The molecule has 0 radical (unpaired) electrons. The summed E-state index contributed by atoms with van der Waals surface area (Å²) in [5, 5.41) is 7.81. The fraction of sp³-hybridized carbons (Fsp3) is 0.769. The maximum absolute atomic E-state index is 4.99. The molecule has 0 atom stereocenters. The van der Waals surface area contributed by atoms with Gasteiger partial charge >= 0.3 is 0 Å². The molecule has 18 heavy (non-hydrogen) atoms. The van der Waals surface area contributed by atoms with Gasteiger partial charge in [-0.1, -0.05) is 6.92 Å². The van der Waals surface area contributed by atoms with E-state index >= 15 is 0 Å². The zero-order valence-electron chi connectivity index (χ0n) is 12.1. The minimum absolute atomic E-state index is 0.769. The molecule has 0 fully saturated rings. The Morgan fingerprint density at radius 3 is 2.83 bits per heavy atom. The lowest BCUT2D eigenvalue weighted by atomic mass is 10.3. The van der Waals surface area contributed by atoms with E-state index in [1.54, 1.807) is 7.11 Å². The van der Waals surface area contributed by atoms with E-state index in [1.807, 2.05) is 11.7 Å². The van der Waals surface area contributed by atoms with Crippen LogP contribution < -0.4 is 5.32 Å². The number of aromatic nitrogens is 2. The Hall–Kier alpha value is -0.910. The van der Waals surface area contributed by atoms with Crippen LogP contribution in [0.15, 0.2) is 6.07 Å². The number of likely N-dealkylation sites (N-methyl/N-ethyl adjacent to an activating group) is 1. The van der Waals surface area contributed by atoms with Gasteiger partial charge in [-0.05, 0) is 19.5 Å². The highest BCUT2D eigenvalue weighted by Crippen LogP contribution is 2.06. The summed E-state index contributed by atoms with van der Waals surface area (Å²) in [6.07, 6.45) is 0.996. The molecule has 1 heterocycles. The normalized spacial score (nSPS) is 11.4. The van der Waals surface area contributed by atoms with Crippen LogP contribution in [0, 0.1) is 0 Å². The Morgan fingerprint density at radius 1 is 1.44 bits per heavy atom. The summed E-state index contributed by atoms with van der Waals surface area (Å²) >= 11 is 0. The lowest BCUT2D eigenvalue weighted by Gasteiger charge is -2.16. The maximum atomic E-state index is 4.99. The second kappa shape index (κ2) is 8.24. The van der Waals surface area contributed by atoms with E-state index in [4.69, 9.17) is 4.74 Å². The smallest absolute Gasteiger partial charge is 0.0625 e. The molecule has 0 aliphatic rings. The van der Waals surface area contributed by atoms with Crippen LogP contribution in [-0.4, -0.2) is 55.1 Å². The van der Waals surface area contributed by atoms with Crippen molar-refractivity contribution in [2.24, 2.45) is 7.05 Å². The van der Waals surface area contributed by atoms with Crippen LogP contribution in [0.1, 0.15) is 18.3 Å². The average Bonchev–Trinajstić information content (AvgIpc) is 2.70. The molecular formula is C13H26N4O. The highest BCUT2D eigenvalue weighted by molar-refractivity contribution is 5.09. The third-order valence-corrected chi connectivity index (χ3v) is 2.97. The fourth-order valence-electron chi connectivity index (χ4n) is 1.82. The first kappa shape index (κ1) is 15.1. The van der Waals surface area contributed by atoms with Crippen LogP contribution >= 0.6 is 0 Å². The Bertz CT molecular complexity index is 338. The fourth-order valence-corrected chi connectivity index (χ4v) is 1.82. The molecule has 0 saturated carbocycles. The highest BCUT2D eigenvalue weighted by atomic mass is 16.5. The number of aryl methyl sites for hydroxylation is 2. The summed E-state index contributed by atoms with van der Waals surface area (Å²) in [5.74, 6) is 0. The Labute approximate surface area is 110 Å². The van der Waals surface area contributed by atoms with Gasteiger partial charge in [-0.2, -0.15) is 5.10 Å². The minimum atomic E-state index is 0.769. The molecule has 0 spiro atoms. The van der Waals surface area contributed by atoms with Crippen LogP contribution in [0.3, 0.4) is 0 Å². The first-order valence-electron chi connectivity index (χ1n) is 6.57. The first-order chi connectivity index (χ1) is 8.67. The largest absolute Gasteiger partial charge is 0.383 e. The Balaban J connectivity index is 2.26. The van der Waals surface area contributed by atoms with Crippen molar-refractivity contribution in [3.63, 3.8) is 0 Å². The third kappa shape index (κ3) is 5.16. The molecule has 5 nitrogen and oxygen atoms in total. The molecule has 104 valence electrons. The van der Waals surface area contributed by atoms with Crippen LogP contribution in [0.2, 0.25) is 0 Å². The van der Waals surface area contributed by atoms with Crippen LogP contribution in [0.4, 0.5) is 0 Å². The van der Waals surface area contributed by atoms with Crippen molar-refractivity contribution in [3.05, 3.63) is 17.5 Å². The van der Waals surface area contributed by atoms with E-state index in [9.17, 15) is 0 Å². The summed E-state index contributed by atoms with van der Waals surface area (Å²) in [6.45, 7) is 6.76. The zero-order valence-corrected chi connectivity index (χ0v) is 12.1. The number of nitrogens with zero attached hydrogens (tertiary/aromatic N) is 3.